The van der Waals surface area contributed by atoms with E-state index in [0.717, 1.165) is 29.0 Å². The molecule has 1 aromatic carbocycles. The maximum Gasteiger partial charge on any atom is 0.291 e. The smallest absolute Gasteiger partial charge is 0.291 e. The van der Waals surface area contributed by atoms with Crippen LogP contribution in [0.2, 0.25) is 0 Å². The third-order valence-electron chi connectivity index (χ3n) is 3.47. The van der Waals surface area contributed by atoms with Gasteiger partial charge in [0, 0.05) is 37.1 Å². The Balaban J connectivity index is 1.87. The van der Waals surface area contributed by atoms with Crippen molar-refractivity contribution < 1.29 is 9.59 Å². The first-order valence-electron chi connectivity index (χ1n) is 6.62. The van der Waals surface area contributed by atoms with E-state index in [0.29, 0.717) is 25.2 Å². The molecule has 6 heteroatoms. The fraction of sp³-hybridized carbons (Fsp3) is 0.286. The van der Waals surface area contributed by atoms with Crippen LogP contribution in [0.1, 0.15) is 10.5 Å². The van der Waals surface area contributed by atoms with E-state index in [2.05, 4.69) is 10.3 Å². The van der Waals surface area contributed by atoms with Gasteiger partial charge in [-0.2, -0.15) is 0 Å². The number of aromatic nitrogens is 1. The van der Waals surface area contributed by atoms with Gasteiger partial charge in [-0.1, -0.05) is 18.2 Å². The van der Waals surface area contributed by atoms with E-state index in [9.17, 15) is 9.59 Å². The van der Waals surface area contributed by atoms with Crippen LogP contribution in [-0.2, 0) is 4.79 Å². The molecule has 6 nitrogen and oxygen atoms in total. The zero-order valence-corrected chi connectivity index (χ0v) is 11.0. The van der Waals surface area contributed by atoms with Crippen molar-refractivity contribution in [1.82, 2.24) is 20.3 Å². The molecule has 1 aromatic heterocycles. The Bertz CT molecular complexity index is 598. The summed E-state index contributed by atoms with van der Waals surface area (Å²) in [7, 11) is 0. The Hall–Kier alpha value is -2.18. The predicted octanol–water partition coefficient (Wildman–Crippen LogP) is 0.587. The van der Waals surface area contributed by atoms with E-state index in [4.69, 9.17) is 0 Å². The molecule has 104 valence electrons. The minimum atomic E-state index is -0.321. The molecule has 2 N–H and O–H groups in total. The summed E-state index contributed by atoms with van der Waals surface area (Å²) in [5, 5.41) is 7.07. The Morgan fingerprint density at radius 1 is 1.25 bits per heavy atom. The van der Waals surface area contributed by atoms with E-state index < -0.39 is 0 Å². The number of carbonyl (C=O) groups excluding carboxylic acids is 2. The lowest BCUT2D eigenvalue weighted by Gasteiger charge is -2.33. The summed E-state index contributed by atoms with van der Waals surface area (Å²) in [6.45, 7) is 2.82. The number of hydrazine groups is 1. The Morgan fingerprint density at radius 2 is 2.00 bits per heavy atom. The molecule has 20 heavy (non-hydrogen) atoms. The van der Waals surface area contributed by atoms with Crippen LogP contribution >= 0.6 is 0 Å². The van der Waals surface area contributed by atoms with Crippen molar-refractivity contribution in [3.8, 4) is 0 Å². The Kier molecular flexibility index (Phi) is 3.49. The van der Waals surface area contributed by atoms with E-state index in [1.54, 1.807) is 11.1 Å². The topological polar surface area (TPSA) is 68.4 Å². The van der Waals surface area contributed by atoms with Crippen LogP contribution in [0.15, 0.2) is 30.3 Å². The summed E-state index contributed by atoms with van der Waals surface area (Å²) in [6, 6.07) is 9.43. The highest BCUT2D eigenvalue weighted by atomic mass is 16.2. The van der Waals surface area contributed by atoms with Crippen molar-refractivity contribution in [3.05, 3.63) is 36.0 Å². The number of hydrogen-bond acceptors (Lipinski definition) is 4. The molecule has 0 atom stereocenters. The number of piperazine rings is 1. The monoisotopic (exact) mass is 272 g/mol. The number of para-hydroxylation sites is 1. The maximum absolute atomic E-state index is 12.4. The first-order chi connectivity index (χ1) is 9.79. The average molecular weight is 272 g/mol. The van der Waals surface area contributed by atoms with Gasteiger partial charge in [0.05, 0.1) is 0 Å². The minimum Gasteiger partial charge on any atom is -0.350 e. The molecular weight excluding hydrogens is 256 g/mol. The van der Waals surface area contributed by atoms with Crippen LogP contribution in [-0.4, -0.2) is 53.5 Å². The summed E-state index contributed by atoms with van der Waals surface area (Å²) < 4.78 is 0. The predicted molar refractivity (Wildman–Crippen MR) is 75.0 cm³/mol. The van der Waals surface area contributed by atoms with Gasteiger partial charge in [-0.05, 0) is 12.1 Å². The molecule has 2 amide bonds. The van der Waals surface area contributed by atoms with Crippen molar-refractivity contribution in [2.45, 2.75) is 0 Å². The minimum absolute atomic E-state index is 0.321. The number of hydrogen-bond donors (Lipinski definition) is 2. The fourth-order valence-corrected chi connectivity index (χ4v) is 2.42. The Morgan fingerprint density at radius 3 is 2.70 bits per heavy atom. The SMILES string of the molecule is O=CN(C(=O)c1cc2ccccc2[nH]1)N1CCNCC1. The third kappa shape index (κ3) is 2.31. The van der Waals surface area contributed by atoms with Crippen molar-refractivity contribution in [3.63, 3.8) is 0 Å². The van der Waals surface area contributed by atoms with Gasteiger partial charge in [-0.25, -0.2) is 10.0 Å². The van der Waals surface area contributed by atoms with Gasteiger partial charge in [0.25, 0.3) is 5.91 Å². The molecule has 1 aliphatic heterocycles. The number of imide groups is 1. The second-order valence-corrected chi connectivity index (χ2v) is 4.73. The molecule has 3 rings (SSSR count). The second kappa shape index (κ2) is 5.44. The quantitative estimate of drug-likeness (QED) is 0.802. The molecule has 0 spiro atoms. The first-order valence-corrected chi connectivity index (χ1v) is 6.62. The molecule has 0 aliphatic carbocycles. The third-order valence-corrected chi connectivity index (χ3v) is 3.47. The molecule has 0 bridgehead atoms. The zero-order chi connectivity index (χ0) is 13.9. The second-order valence-electron chi connectivity index (χ2n) is 4.73. The van der Waals surface area contributed by atoms with Crippen LogP contribution in [0.5, 0.6) is 0 Å². The summed E-state index contributed by atoms with van der Waals surface area (Å²) in [4.78, 5) is 26.8. The average Bonchev–Trinajstić information content (AvgIpc) is 2.93. The number of nitrogens with zero attached hydrogens (tertiary/aromatic N) is 2. The van der Waals surface area contributed by atoms with Gasteiger partial charge < -0.3 is 10.3 Å². The number of rotatable bonds is 3. The highest BCUT2D eigenvalue weighted by Gasteiger charge is 2.24. The molecule has 2 aromatic rings. The summed E-state index contributed by atoms with van der Waals surface area (Å²) >= 11 is 0. The van der Waals surface area contributed by atoms with Crippen molar-refractivity contribution in [1.29, 1.82) is 0 Å². The van der Waals surface area contributed by atoms with Gasteiger partial charge in [0.15, 0.2) is 0 Å². The van der Waals surface area contributed by atoms with Crippen molar-refractivity contribution in [2.24, 2.45) is 0 Å². The number of benzene rings is 1. The standard InChI is InChI=1S/C14H16N4O2/c19-10-18(17-7-5-15-6-8-17)14(20)13-9-11-3-1-2-4-12(11)16-13/h1-4,9-10,15-16H,5-8H2. The van der Waals surface area contributed by atoms with Crippen LogP contribution < -0.4 is 5.32 Å². The number of carbonyl (C=O) groups is 2. The van der Waals surface area contributed by atoms with Gasteiger partial charge in [0.1, 0.15) is 5.69 Å². The number of nitrogens with one attached hydrogen (secondary N) is 2. The first kappa shape index (κ1) is 12.8. The molecule has 1 saturated heterocycles. The van der Waals surface area contributed by atoms with E-state index in [1.807, 2.05) is 24.3 Å². The molecule has 1 aliphatic rings. The normalized spacial score (nSPS) is 16.2. The molecule has 0 saturated carbocycles. The van der Waals surface area contributed by atoms with Crippen LogP contribution in [0.25, 0.3) is 10.9 Å². The number of H-pyrrole nitrogens is 1. The summed E-state index contributed by atoms with van der Waals surface area (Å²) in [5.74, 6) is -0.321. The zero-order valence-electron chi connectivity index (χ0n) is 11.0. The Labute approximate surface area is 116 Å². The van der Waals surface area contributed by atoms with Gasteiger partial charge in [-0.3, -0.25) is 9.59 Å². The van der Waals surface area contributed by atoms with Gasteiger partial charge >= 0.3 is 0 Å². The van der Waals surface area contributed by atoms with Crippen LogP contribution in [0, 0.1) is 0 Å². The van der Waals surface area contributed by atoms with E-state index in [-0.39, 0.29) is 5.91 Å². The number of aromatic amines is 1. The molecule has 1 fully saturated rings. The molecule has 0 radical (unpaired) electrons. The van der Waals surface area contributed by atoms with E-state index >= 15 is 0 Å². The largest absolute Gasteiger partial charge is 0.350 e. The number of fused-ring (bicyclic) bond motifs is 1. The lowest BCUT2D eigenvalue weighted by Crippen LogP contribution is -2.54. The lowest BCUT2D eigenvalue weighted by molar-refractivity contribution is -0.129. The van der Waals surface area contributed by atoms with Gasteiger partial charge in [-0.15, -0.1) is 0 Å². The number of amides is 2. The highest BCUT2D eigenvalue weighted by molar-refractivity contribution is 6.01. The van der Waals surface area contributed by atoms with Gasteiger partial charge in [0.2, 0.25) is 6.41 Å². The fourth-order valence-electron chi connectivity index (χ4n) is 2.42. The van der Waals surface area contributed by atoms with Crippen molar-refractivity contribution >= 4 is 23.2 Å². The summed E-state index contributed by atoms with van der Waals surface area (Å²) in [5.41, 5.74) is 1.32. The molecular formula is C14H16N4O2. The van der Waals surface area contributed by atoms with E-state index in [1.165, 1.54) is 0 Å². The molecule has 2 heterocycles. The summed E-state index contributed by atoms with van der Waals surface area (Å²) in [6.07, 6.45) is 0.582. The molecule has 0 unspecified atom stereocenters. The van der Waals surface area contributed by atoms with Crippen LogP contribution in [0.3, 0.4) is 0 Å². The maximum atomic E-state index is 12.4. The lowest BCUT2D eigenvalue weighted by atomic mass is 10.2. The highest BCUT2D eigenvalue weighted by Crippen LogP contribution is 2.16. The van der Waals surface area contributed by atoms with Crippen molar-refractivity contribution in [2.75, 3.05) is 26.2 Å². The van der Waals surface area contributed by atoms with Crippen LogP contribution in [0.4, 0.5) is 0 Å².